The second-order valence-electron chi connectivity index (χ2n) is 4.78. The minimum Gasteiger partial charge on any atom is -0.397 e. The first-order valence-corrected chi connectivity index (χ1v) is 5.99. The summed E-state index contributed by atoms with van der Waals surface area (Å²) in [5, 5.41) is 0. The van der Waals surface area contributed by atoms with Gasteiger partial charge < -0.3 is 10.6 Å². The van der Waals surface area contributed by atoms with Gasteiger partial charge in [0.25, 0.3) is 0 Å². The fourth-order valence-corrected chi connectivity index (χ4v) is 2.43. The molecule has 0 amide bonds. The lowest BCUT2D eigenvalue weighted by Crippen LogP contribution is -2.42. The molecule has 2 aliphatic carbocycles. The third-order valence-corrected chi connectivity index (χ3v) is 3.62. The highest BCUT2D eigenvalue weighted by Gasteiger charge is 2.37. The van der Waals surface area contributed by atoms with Crippen molar-refractivity contribution in [2.24, 2.45) is 0 Å². The SMILES string of the molecule is Nc1ccccc1N(C1CCC1)C1CC1. The standard InChI is InChI=1S/C13H18N2/c14-12-6-1-2-7-13(12)15(11-8-9-11)10-4-3-5-10/h1-2,6-7,10-11H,3-5,8-9,14H2. The van der Waals surface area contributed by atoms with E-state index in [0.717, 1.165) is 17.8 Å². The average molecular weight is 202 g/mol. The van der Waals surface area contributed by atoms with Crippen LogP contribution in [0.15, 0.2) is 24.3 Å². The third kappa shape index (κ3) is 1.58. The van der Waals surface area contributed by atoms with E-state index >= 15 is 0 Å². The maximum absolute atomic E-state index is 6.06. The summed E-state index contributed by atoms with van der Waals surface area (Å²) in [6, 6.07) is 9.85. The van der Waals surface area contributed by atoms with Crippen molar-refractivity contribution in [2.45, 2.75) is 44.2 Å². The maximum atomic E-state index is 6.06. The minimum absolute atomic E-state index is 0.766. The number of anilines is 2. The van der Waals surface area contributed by atoms with Crippen molar-refractivity contribution in [1.82, 2.24) is 0 Å². The Morgan fingerprint density at radius 1 is 1.00 bits per heavy atom. The van der Waals surface area contributed by atoms with Crippen molar-refractivity contribution in [3.63, 3.8) is 0 Å². The molecule has 1 aromatic rings. The van der Waals surface area contributed by atoms with E-state index in [1.54, 1.807) is 0 Å². The smallest absolute Gasteiger partial charge is 0.0604 e. The molecule has 0 bridgehead atoms. The Morgan fingerprint density at radius 3 is 2.20 bits per heavy atom. The fraction of sp³-hybridized carbons (Fsp3) is 0.538. The molecule has 2 saturated carbocycles. The highest BCUT2D eigenvalue weighted by Crippen LogP contribution is 2.41. The van der Waals surface area contributed by atoms with Gasteiger partial charge in [-0.05, 0) is 44.2 Å². The van der Waals surface area contributed by atoms with Crippen molar-refractivity contribution >= 4 is 11.4 Å². The Morgan fingerprint density at radius 2 is 1.67 bits per heavy atom. The van der Waals surface area contributed by atoms with Crippen molar-refractivity contribution in [3.05, 3.63) is 24.3 Å². The van der Waals surface area contributed by atoms with Crippen molar-refractivity contribution < 1.29 is 0 Å². The van der Waals surface area contributed by atoms with Crippen LogP contribution < -0.4 is 10.6 Å². The zero-order valence-corrected chi connectivity index (χ0v) is 9.02. The van der Waals surface area contributed by atoms with Crippen LogP contribution in [-0.4, -0.2) is 12.1 Å². The highest BCUT2D eigenvalue weighted by molar-refractivity contribution is 5.68. The lowest BCUT2D eigenvalue weighted by molar-refractivity contribution is 0.384. The fourth-order valence-electron chi connectivity index (χ4n) is 2.43. The Labute approximate surface area is 91.1 Å². The highest BCUT2D eigenvalue weighted by atomic mass is 15.2. The van der Waals surface area contributed by atoms with Gasteiger partial charge in [-0.15, -0.1) is 0 Å². The van der Waals surface area contributed by atoms with Gasteiger partial charge in [-0.1, -0.05) is 12.1 Å². The normalized spacial score (nSPS) is 21.1. The predicted octanol–water partition coefficient (Wildman–Crippen LogP) is 2.79. The molecular weight excluding hydrogens is 184 g/mol. The molecule has 0 atom stereocenters. The lowest BCUT2D eigenvalue weighted by atomic mass is 9.90. The zero-order valence-electron chi connectivity index (χ0n) is 9.02. The molecule has 0 heterocycles. The van der Waals surface area contributed by atoms with Crippen LogP contribution in [0.4, 0.5) is 11.4 Å². The molecule has 2 heteroatoms. The number of nitrogen functional groups attached to an aromatic ring is 1. The van der Waals surface area contributed by atoms with E-state index in [9.17, 15) is 0 Å². The van der Waals surface area contributed by atoms with Gasteiger partial charge in [-0.3, -0.25) is 0 Å². The largest absolute Gasteiger partial charge is 0.397 e. The Bertz CT molecular complexity index is 353. The molecule has 15 heavy (non-hydrogen) atoms. The van der Waals surface area contributed by atoms with Gasteiger partial charge in [0.15, 0.2) is 0 Å². The summed E-state index contributed by atoms with van der Waals surface area (Å²) < 4.78 is 0. The molecule has 80 valence electrons. The van der Waals surface area contributed by atoms with Gasteiger partial charge in [0.05, 0.1) is 11.4 Å². The van der Waals surface area contributed by atoms with Crippen LogP contribution in [-0.2, 0) is 0 Å². The Hall–Kier alpha value is -1.18. The van der Waals surface area contributed by atoms with Crippen LogP contribution in [0.2, 0.25) is 0 Å². The van der Waals surface area contributed by atoms with Crippen molar-refractivity contribution in [3.8, 4) is 0 Å². The first-order chi connectivity index (χ1) is 7.36. The molecule has 0 unspecified atom stereocenters. The molecule has 2 fully saturated rings. The van der Waals surface area contributed by atoms with Crippen LogP contribution in [0.3, 0.4) is 0 Å². The van der Waals surface area contributed by atoms with Gasteiger partial charge in [-0.25, -0.2) is 0 Å². The molecule has 1 aromatic carbocycles. The second-order valence-corrected chi connectivity index (χ2v) is 4.78. The Kier molecular flexibility index (Phi) is 2.08. The molecule has 0 spiro atoms. The maximum Gasteiger partial charge on any atom is 0.0604 e. The number of benzene rings is 1. The van der Waals surface area contributed by atoms with E-state index in [1.807, 2.05) is 12.1 Å². The summed E-state index contributed by atoms with van der Waals surface area (Å²) >= 11 is 0. The van der Waals surface area contributed by atoms with Gasteiger partial charge >= 0.3 is 0 Å². The quantitative estimate of drug-likeness (QED) is 0.764. The van der Waals surface area contributed by atoms with Gasteiger partial charge in [0.1, 0.15) is 0 Å². The van der Waals surface area contributed by atoms with Gasteiger partial charge in [0, 0.05) is 12.1 Å². The molecule has 3 rings (SSSR count). The van der Waals surface area contributed by atoms with E-state index in [0.29, 0.717) is 0 Å². The molecule has 2 aliphatic rings. The first kappa shape index (κ1) is 9.08. The summed E-state index contributed by atoms with van der Waals surface area (Å²) in [5.41, 5.74) is 8.27. The van der Waals surface area contributed by atoms with E-state index in [2.05, 4.69) is 17.0 Å². The van der Waals surface area contributed by atoms with E-state index in [4.69, 9.17) is 5.73 Å². The van der Waals surface area contributed by atoms with E-state index in [1.165, 1.54) is 37.8 Å². The first-order valence-electron chi connectivity index (χ1n) is 5.99. The summed E-state index contributed by atoms with van der Waals surface area (Å²) in [6.45, 7) is 0. The van der Waals surface area contributed by atoms with Crippen LogP contribution in [0.5, 0.6) is 0 Å². The second kappa shape index (κ2) is 3.44. The predicted molar refractivity (Wildman–Crippen MR) is 64.0 cm³/mol. The van der Waals surface area contributed by atoms with E-state index < -0.39 is 0 Å². The number of hydrogen-bond donors (Lipinski definition) is 1. The van der Waals surface area contributed by atoms with Gasteiger partial charge in [0.2, 0.25) is 0 Å². The number of rotatable bonds is 3. The molecule has 0 saturated heterocycles. The third-order valence-electron chi connectivity index (χ3n) is 3.62. The van der Waals surface area contributed by atoms with Crippen LogP contribution in [0.25, 0.3) is 0 Å². The topological polar surface area (TPSA) is 29.3 Å². The van der Waals surface area contributed by atoms with Crippen LogP contribution in [0.1, 0.15) is 32.1 Å². The monoisotopic (exact) mass is 202 g/mol. The van der Waals surface area contributed by atoms with Crippen molar-refractivity contribution in [2.75, 3.05) is 10.6 Å². The molecule has 0 aliphatic heterocycles. The number of hydrogen-bond acceptors (Lipinski definition) is 2. The van der Waals surface area contributed by atoms with Crippen LogP contribution in [0, 0.1) is 0 Å². The minimum atomic E-state index is 0.766. The van der Waals surface area contributed by atoms with Crippen LogP contribution >= 0.6 is 0 Å². The number of para-hydroxylation sites is 2. The molecule has 0 aromatic heterocycles. The Balaban J connectivity index is 1.90. The number of nitrogens with zero attached hydrogens (tertiary/aromatic N) is 1. The van der Waals surface area contributed by atoms with Gasteiger partial charge in [-0.2, -0.15) is 0 Å². The zero-order chi connectivity index (χ0) is 10.3. The molecular formula is C13H18N2. The average Bonchev–Trinajstić information content (AvgIpc) is 2.96. The van der Waals surface area contributed by atoms with Crippen molar-refractivity contribution in [1.29, 1.82) is 0 Å². The molecule has 2 nitrogen and oxygen atoms in total. The lowest BCUT2D eigenvalue weighted by Gasteiger charge is -2.40. The summed E-state index contributed by atoms with van der Waals surface area (Å²) in [6.07, 6.45) is 6.80. The molecule has 2 N–H and O–H groups in total. The summed E-state index contributed by atoms with van der Waals surface area (Å²) in [5.74, 6) is 0. The van der Waals surface area contributed by atoms with E-state index in [-0.39, 0.29) is 0 Å². The number of nitrogens with two attached hydrogens (primary N) is 1. The molecule has 0 radical (unpaired) electrons. The summed E-state index contributed by atoms with van der Waals surface area (Å²) in [4.78, 5) is 2.58. The summed E-state index contributed by atoms with van der Waals surface area (Å²) in [7, 11) is 0.